The van der Waals surface area contributed by atoms with Gasteiger partial charge in [0.2, 0.25) is 0 Å². The van der Waals surface area contributed by atoms with Gasteiger partial charge in [0.25, 0.3) is 0 Å². The second-order valence-corrected chi connectivity index (χ2v) is 13.2. The summed E-state index contributed by atoms with van der Waals surface area (Å²) < 4.78 is 0. The lowest BCUT2D eigenvalue weighted by atomic mass is 9.43. The Kier molecular flexibility index (Phi) is 6.10. The molecule has 2 saturated carbocycles. The maximum atomic E-state index is 13.9. The number of aliphatic carboxylic acids is 1. The molecule has 4 heteroatoms. The molecule has 188 valence electrons. The average molecular weight is 469 g/mol. The van der Waals surface area contributed by atoms with Gasteiger partial charge in [0, 0.05) is 34.8 Å². The number of rotatable bonds is 5. The van der Waals surface area contributed by atoms with E-state index >= 15 is 0 Å². The molecular weight excluding hydrogens is 424 g/mol. The van der Waals surface area contributed by atoms with Crippen molar-refractivity contribution in [2.75, 3.05) is 0 Å². The van der Waals surface area contributed by atoms with E-state index in [-0.39, 0.29) is 22.2 Å². The average Bonchev–Trinajstić information content (AvgIpc) is 3.04. The third kappa shape index (κ3) is 3.41. The minimum Gasteiger partial charge on any atom is -0.478 e. The quantitative estimate of drug-likeness (QED) is 0.444. The zero-order chi connectivity index (χ0) is 25.3. The highest BCUT2D eigenvalue weighted by atomic mass is 16.4. The lowest BCUT2D eigenvalue weighted by Gasteiger charge is -2.60. The summed E-state index contributed by atoms with van der Waals surface area (Å²) in [4.78, 5) is 37.8. The zero-order valence-corrected chi connectivity index (χ0v) is 22.3. The number of hydrogen-bond acceptors (Lipinski definition) is 3. The summed E-state index contributed by atoms with van der Waals surface area (Å²) in [7, 11) is 0. The third-order valence-electron chi connectivity index (χ3n) is 11.5. The second-order valence-electron chi connectivity index (χ2n) is 13.2. The van der Waals surface area contributed by atoms with Crippen LogP contribution in [0.25, 0.3) is 0 Å². The van der Waals surface area contributed by atoms with Crippen molar-refractivity contribution in [2.24, 2.45) is 39.4 Å². The first-order valence-corrected chi connectivity index (χ1v) is 13.4. The molecule has 0 aromatic carbocycles. The molecule has 4 aliphatic rings. The standard InChI is InChI=1S/C30H44O4/c1-18(9-8-10-19(2)26(33)34)20-11-16-30(7)25-21(12-15-29(20,30)6)28(5)14-13-24(32)27(3,4)23(28)17-22(25)31/h10,18,20,23H,8-9,11-17H2,1-7H3,(H,33,34)/b19-10+/t18-,20-,23?,28-,29-,30+/m0/s1. The number of hydrogen-bond donors (Lipinski definition) is 1. The molecule has 1 unspecified atom stereocenters. The highest BCUT2D eigenvalue weighted by Gasteiger charge is 2.65. The van der Waals surface area contributed by atoms with Gasteiger partial charge < -0.3 is 5.11 Å². The van der Waals surface area contributed by atoms with E-state index in [1.165, 1.54) is 5.57 Å². The van der Waals surface area contributed by atoms with Gasteiger partial charge in [-0.15, -0.1) is 0 Å². The van der Waals surface area contributed by atoms with Gasteiger partial charge in [-0.2, -0.15) is 0 Å². The van der Waals surface area contributed by atoms with Gasteiger partial charge in [-0.25, -0.2) is 4.79 Å². The van der Waals surface area contributed by atoms with Crippen LogP contribution in [0, 0.1) is 39.4 Å². The minimum absolute atomic E-state index is 0.0478. The number of ketones is 2. The summed E-state index contributed by atoms with van der Waals surface area (Å²) in [6, 6.07) is 0. The third-order valence-corrected chi connectivity index (χ3v) is 11.5. The Morgan fingerprint density at radius 2 is 1.76 bits per heavy atom. The maximum absolute atomic E-state index is 13.9. The van der Waals surface area contributed by atoms with Crippen LogP contribution in [0.4, 0.5) is 0 Å². The lowest BCUT2D eigenvalue weighted by molar-refractivity contribution is -0.142. The topological polar surface area (TPSA) is 71.4 Å². The first-order chi connectivity index (χ1) is 15.7. The Hall–Kier alpha value is -1.71. The van der Waals surface area contributed by atoms with E-state index < -0.39 is 11.4 Å². The molecule has 4 aliphatic carbocycles. The molecule has 0 spiro atoms. The molecule has 4 nitrogen and oxygen atoms in total. The van der Waals surface area contributed by atoms with Crippen molar-refractivity contribution in [1.82, 2.24) is 0 Å². The summed E-state index contributed by atoms with van der Waals surface area (Å²) in [5, 5.41) is 9.15. The molecule has 6 atom stereocenters. The highest BCUT2D eigenvalue weighted by Crippen LogP contribution is 2.71. The fraction of sp³-hybridized carbons (Fsp3) is 0.767. The molecule has 2 fully saturated rings. The highest BCUT2D eigenvalue weighted by molar-refractivity contribution is 6.00. The van der Waals surface area contributed by atoms with Crippen molar-refractivity contribution in [2.45, 2.75) is 106 Å². The van der Waals surface area contributed by atoms with E-state index in [1.807, 2.05) is 6.08 Å². The normalized spacial score (nSPS) is 40.5. The molecule has 0 radical (unpaired) electrons. The fourth-order valence-corrected chi connectivity index (χ4v) is 8.97. The van der Waals surface area contributed by atoms with Crippen LogP contribution < -0.4 is 0 Å². The van der Waals surface area contributed by atoms with Crippen LogP contribution in [0.5, 0.6) is 0 Å². The largest absolute Gasteiger partial charge is 0.478 e. The summed E-state index contributed by atoms with van der Waals surface area (Å²) >= 11 is 0. The monoisotopic (exact) mass is 468 g/mol. The van der Waals surface area contributed by atoms with Crippen LogP contribution in [0.3, 0.4) is 0 Å². The fourth-order valence-electron chi connectivity index (χ4n) is 8.97. The molecule has 0 amide bonds. The predicted octanol–water partition coefficient (Wildman–Crippen LogP) is 6.93. The molecule has 4 rings (SSSR count). The van der Waals surface area contributed by atoms with Crippen LogP contribution in [0.15, 0.2) is 22.8 Å². The Morgan fingerprint density at radius 3 is 2.41 bits per heavy atom. The van der Waals surface area contributed by atoms with Crippen LogP contribution >= 0.6 is 0 Å². The first kappa shape index (κ1) is 25.4. The molecule has 0 aromatic rings. The number of carboxylic acids is 1. The molecule has 0 saturated heterocycles. The SMILES string of the molecule is C/C(=C\CC[C@H](C)[C@@H]1CC[C@]2(C)C3=C(CC[C@@]12C)[C@]1(C)CCC(=O)C(C)(C)C1CC3=O)C(=O)O. The molecule has 0 heterocycles. The van der Waals surface area contributed by atoms with Gasteiger partial charge in [0.15, 0.2) is 5.78 Å². The second kappa shape index (κ2) is 8.17. The Morgan fingerprint density at radius 1 is 1.09 bits per heavy atom. The Labute approximate surface area is 205 Å². The molecular formula is C30H44O4. The summed E-state index contributed by atoms with van der Waals surface area (Å²) in [6.45, 7) is 15.3. The van der Waals surface area contributed by atoms with Crippen molar-refractivity contribution >= 4 is 17.5 Å². The van der Waals surface area contributed by atoms with Gasteiger partial charge in [-0.3, -0.25) is 9.59 Å². The van der Waals surface area contributed by atoms with Crippen molar-refractivity contribution in [3.63, 3.8) is 0 Å². The van der Waals surface area contributed by atoms with Crippen LogP contribution in [0.1, 0.15) is 106 Å². The van der Waals surface area contributed by atoms with Gasteiger partial charge in [-0.1, -0.05) is 53.2 Å². The summed E-state index contributed by atoms with van der Waals surface area (Å²) in [5.41, 5.74) is 2.44. The van der Waals surface area contributed by atoms with Crippen LogP contribution in [-0.4, -0.2) is 22.6 Å². The van der Waals surface area contributed by atoms with Crippen LogP contribution in [-0.2, 0) is 14.4 Å². The number of fused-ring (bicyclic) bond motifs is 4. The predicted molar refractivity (Wildman–Crippen MR) is 134 cm³/mol. The lowest BCUT2D eigenvalue weighted by Crippen LogP contribution is -2.56. The molecule has 1 N–H and O–H groups in total. The summed E-state index contributed by atoms with van der Waals surface area (Å²) in [5.74, 6) is 0.923. The molecule has 0 bridgehead atoms. The van der Waals surface area contributed by atoms with Crippen molar-refractivity contribution in [1.29, 1.82) is 0 Å². The van der Waals surface area contributed by atoms with Gasteiger partial charge in [0.05, 0.1) is 0 Å². The number of carbonyl (C=O) groups excluding carboxylic acids is 2. The van der Waals surface area contributed by atoms with E-state index in [0.29, 0.717) is 41.8 Å². The van der Waals surface area contributed by atoms with E-state index in [0.717, 1.165) is 50.5 Å². The van der Waals surface area contributed by atoms with Crippen molar-refractivity contribution in [3.05, 3.63) is 22.8 Å². The zero-order valence-electron chi connectivity index (χ0n) is 22.3. The summed E-state index contributed by atoms with van der Waals surface area (Å²) in [6.07, 6.45) is 9.91. The maximum Gasteiger partial charge on any atom is 0.330 e. The molecule has 0 aliphatic heterocycles. The molecule has 0 aromatic heterocycles. The first-order valence-electron chi connectivity index (χ1n) is 13.4. The van der Waals surface area contributed by atoms with E-state index in [1.54, 1.807) is 6.92 Å². The van der Waals surface area contributed by atoms with E-state index in [4.69, 9.17) is 5.11 Å². The number of carbonyl (C=O) groups is 3. The number of carboxylic acid groups (broad SMARTS) is 1. The number of allylic oxidation sites excluding steroid dienone is 3. The van der Waals surface area contributed by atoms with Crippen molar-refractivity contribution < 1.29 is 19.5 Å². The Bertz CT molecular complexity index is 984. The van der Waals surface area contributed by atoms with Crippen molar-refractivity contribution in [3.8, 4) is 0 Å². The smallest absolute Gasteiger partial charge is 0.330 e. The van der Waals surface area contributed by atoms with E-state index in [2.05, 4.69) is 41.5 Å². The Balaban J connectivity index is 1.66. The minimum atomic E-state index is -0.838. The van der Waals surface area contributed by atoms with E-state index in [9.17, 15) is 14.4 Å². The number of Topliss-reactive ketones (excluding diaryl/α,β-unsaturated/α-hetero) is 2. The van der Waals surface area contributed by atoms with Gasteiger partial charge in [0.1, 0.15) is 5.78 Å². The van der Waals surface area contributed by atoms with Crippen LogP contribution in [0.2, 0.25) is 0 Å². The van der Waals surface area contributed by atoms with Gasteiger partial charge >= 0.3 is 5.97 Å². The molecule has 34 heavy (non-hydrogen) atoms. The van der Waals surface area contributed by atoms with Gasteiger partial charge in [-0.05, 0) is 80.5 Å².